The van der Waals surface area contributed by atoms with Crippen molar-refractivity contribution >= 4 is 34.6 Å². The molecule has 1 amide bonds. The summed E-state index contributed by atoms with van der Waals surface area (Å²) in [6, 6.07) is 22.1. The minimum Gasteiger partial charge on any atom is -0.379 e. The van der Waals surface area contributed by atoms with E-state index in [0.717, 1.165) is 54.2 Å². The third-order valence-electron chi connectivity index (χ3n) is 6.78. The van der Waals surface area contributed by atoms with Crippen LogP contribution >= 0.6 is 0 Å². The SMILES string of the molecule is CC(=O)c1nnc(Nc2ccc(N3CCN(C(C)=O)CC3)cc2)cc1NCc1cccc(-c2ccncc2)c1. The molecule has 3 heterocycles. The van der Waals surface area contributed by atoms with Crippen molar-refractivity contribution in [1.82, 2.24) is 20.1 Å². The fraction of sp³-hybridized carbons (Fsp3) is 0.233. The van der Waals surface area contributed by atoms with Crippen molar-refractivity contribution in [2.75, 3.05) is 41.7 Å². The maximum atomic E-state index is 12.2. The molecule has 0 aliphatic carbocycles. The maximum Gasteiger partial charge on any atom is 0.219 e. The lowest BCUT2D eigenvalue weighted by Gasteiger charge is -2.35. The van der Waals surface area contributed by atoms with Crippen LogP contribution in [-0.4, -0.2) is 58.0 Å². The summed E-state index contributed by atoms with van der Waals surface area (Å²) in [5.41, 5.74) is 6.16. The molecule has 1 fully saturated rings. The third kappa shape index (κ3) is 6.38. The number of ketones is 1. The number of anilines is 4. The molecule has 1 saturated heterocycles. The lowest BCUT2D eigenvalue weighted by atomic mass is 10.0. The van der Waals surface area contributed by atoms with Gasteiger partial charge in [-0.05, 0) is 59.2 Å². The zero-order valence-electron chi connectivity index (χ0n) is 22.1. The van der Waals surface area contributed by atoms with Crippen LogP contribution in [0.15, 0.2) is 79.1 Å². The molecule has 9 nitrogen and oxygen atoms in total. The minimum atomic E-state index is -0.156. The molecule has 2 aromatic carbocycles. The van der Waals surface area contributed by atoms with E-state index in [-0.39, 0.29) is 11.7 Å². The summed E-state index contributed by atoms with van der Waals surface area (Å²) in [6.07, 6.45) is 3.56. The summed E-state index contributed by atoms with van der Waals surface area (Å²) in [5.74, 6) is 0.505. The quantitative estimate of drug-likeness (QED) is 0.320. The first kappa shape index (κ1) is 25.8. The molecule has 1 aliphatic rings. The van der Waals surface area contributed by atoms with Gasteiger partial charge in [-0.25, -0.2) is 0 Å². The van der Waals surface area contributed by atoms with Crippen LogP contribution in [0.3, 0.4) is 0 Å². The number of amides is 1. The van der Waals surface area contributed by atoms with Crippen molar-refractivity contribution in [3.63, 3.8) is 0 Å². The smallest absolute Gasteiger partial charge is 0.219 e. The molecule has 1 aliphatic heterocycles. The highest BCUT2D eigenvalue weighted by Gasteiger charge is 2.19. The first-order valence-corrected chi connectivity index (χ1v) is 13.0. The Morgan fingerprint density at radius 3 is 2.28 bits per heavy atom. The highest BCUT2D eigenvalue weighted by Crippen LogP contribution is 2.25. The lowest BCUT2D eigenvalue weighted by molar-refractivity contribution is -0.129. The van der Waals surface area contributed by atoms with Gasteiger partial charge < -0.3 is 20.4 Å². The number of rotatable bonds is 8. The molecular formula is C30H31N7O2. The van der Waals surface area contributed by atoms with Crippen LogP contribution in [0.25, 0.3) is 11.1 Å². The van der Waals surface area contributed by atoms with E-state index in [4.69, 9.17) is 0 Å². The Hall–Kier alpha value is -4.79. The van der Waals surface area contributed by atoms with E-state index in [0.29, 0.717) is 23.7 Å². The normalized spacial score (nSPS) is 13.2. The van der Waals surface area contributed by atoms with Crippen molar-refractivity contribution in [3.05, 3.63) is 90.4 Å². The van der Waals surface area contributed by atoms with Crippen LogP contribution in [-0.2, 0) is 11.3 Å². The molecule has 0 radical (unpaired) electrons. The van der Waals surface area contributed by atoms with Gasteiger partial charge in [-0.15, -0.1) is 10.2 Å². The van der Waals surface area contributed by atoms with Crippen LogP contribution in [0.2, 0.25) is 0 Å². The fourth-order valence-electron chi connectivity index (χ4n) is 4.63. The molecule has 0 atom stereocenters. The van der Waals surface area contributed by atoms with Crippen LogP contribution < -0.4 is 15.5 Å². The number of piperazine rings is 1. The van der Waals surface area contributed by atoms with Gasteiger partial charge in [0.1, 0.15) is 0 Å². The van der Waals surface area contributed by atoms with Gasteiger partial charge in [-0.2, -0.15) is 0 Å². The number of benzene rings is 2. The molecule has 39 heavy (non-hydrogen) atoms. The Morgan fingerprint density at radius 1 is 0.846 bits per heavy atom. The summed E-state index contributed by atoms with van der Waals surface area (Å²) in [7, 11) is 0. The monoisotopic (exact) mass is 521 g/mol. The highest BCUT2D eigenvalue weighted by atomic mass is 16.2. The Kier molecular flexibility index (Phi) is 7.77. The van der Waals surface area contributed by atoms with Gasteiger partial charge in [0.15, 0.2) is 17.3 Å². The van der Waals surface area contributed by atoms with Crippen LogP contribution in [0.1, 0.15) is 29.9 Å². The number of carbonyl (C=O) groups is 2. The van der Waals surface area contributed by atoms with E-state index in [9.17, 15) is 9.59 Å². The summed E-state index contributed by atoms with van der Waals surface area (Å²) < 4.78 is 0. The standard InChI is InChI=1S/C30H31N7O2/c1-21(38)30-28(32-20-23-4-3-5-25(18-23)24-10-12-31-13-11-24)19-29(34-35-30)33-26-6-8-27(9-7-26)37-16-14-36(15-17-37)22(2)39/h3-13,18-19H,14-17,20H2,1-2H3,(H2,32,33,34). The fourth-order valence-corrected chi connectivity index (χ4v) is 4.63. The molecule has 2 aromatic heterocycles. The zero-order chi connectivity index (χ0) is 27.2. The number of hydrogen-bond donors (Lipinski definition) is 2. The first-order valence-electron chi connectivity index (χ1n) is 13.0. The molecular weight excluding hydrogens is 490 g/mol. The van der Waals surface area contributed by atoms with E-state index in [2.05, 4.69) is 55.0 Å². The van der Waals surface area contributed by atoms with E-state index in [1.807, 2.05) is 47.4 Å². The Bertz CT molecular complexity index is 1450. The predicted octanol–water partition coefficient (Wildman–Crippen LogP) is 4.77. The van der Waals surface area contributed by atoms with Gasteiger partial charge in [0.25, 0.3) is 0 Å². The van der Waals surface area contributed by atoms with Crippen molar-refractivity contribution in [3.8, 4) is 11.1 Å². The van der Waals surface area contributed by atoms with Gasteiger partial charge in [-0.1, -0.05) is 18.2 Å². The van der Waals surface area contributed by atoms with Crippen LogP contribution in [0.4, 0.5) is 22.9 Å². The van der Waals surface area contributed by atoms with E-state index < -0.39 is 0 Å². The summed E-state index contributed by atoms with van der Waals surface area (Å²) >= 11 is 0. The van der Waals surface area contributed by atoms with E-state index in [1.165, 1.54) is 6.92 Å². The second kappa shape index (κ2) is 11.7. The summed E-state index contributed by atoms with van der Waals surface area (Å²) in [4.78, 5) is 32.1. The molecule has 0 unspecified atom stereocenters. The number of nitrogens with zero attached hydrogens (tertiary/aromatic N) is 5. The number of Topliss-reactive ketones (excluding diaryl/α,β-unsaturated/α-hetero) is 1. The molecule has 2 N–H and O–H groups in total. The Labute approximate surface area is 227 Å². The number of carbonyl (C=O) groups excluding carboxylic acids is 2. The van der Waals surface area contributed by atoms with Crippen LogP contribution in [0.5, 0.6) is 0 Å². The molecule has 9 heteroatoms. The van der Waals surface area contributed by atoms with Crippen molar-refractivity contribution in [2.24, 2.45) is 0 Å². The van der Waals surface area contributed by atoms with E-state index in [1.54, 1.807) is 19.3 Å². The number of hydrogen-bond acceptors (Lipinski definition) is 8. The molecule has 0 saturated carbocycles. The lowest BCUT2D eigenvalue weighted by Crippen LogP contribution is -2.48. The van der Waals surface area contributed by atoms with Gasteiger partial charge >= 0.3 is 0 Å². The number of pyridine rings is 1. The summed E-state index contributed by atoms with van der Waals surface area (Å²) in [5, 5.41) is 15.1. The zero-order valence-corrected chi connectivity index (χ0v) is 22.1. The average molecular weight is 522 g/mol. The van der Waals surface area contributed by atoms with Crippen LogP contribution in [0, 0.1) is 0 Å². The molecule has 0 bridgehead atoms. The second-order valence-corrected chi connectivity index (χ2v) is 9.50. The number of aromatic nitrogens is 3. The van der Waals surface area contributed by atoms with Gasteiger partial charge in [0.2, 0.25) is 5.91 Å². The van der Waals surface area contributed by atoms with Gasteiger partial charge in [0, 0.05) is 76.4 Å². The molecule has 5 rings (SSSR count). The second-order valence-electron chi connectivity index (χ2n) is 9.50. The third-order valence-corrected chi connectivity index (χ3v) is 6.78. The predicted molar refractivity (Wildman–Crippen MR) is 153 cm³/mol. The summed E-state index contributed by atoms with van der Waals surface area (Å²) in [6.45, 7) is 6.71. The first-order chi connectivity index (χ1) is 19.0. The Morgan fingerprint density at radius 2 is 1.59 bits per heavy atom. The minimum absolute atomic E-state index is 0.124. The average Bonchev–Trinajstić information content (AvgIpc) is 2.97. The van der Waals surface area contributed by atoms with Crippen molar-refractivity contribution < 1.29 is 9.59 Å². The molecule has 198 valence electrons. The number of nitrogens with one attached hydrogen (secondary N) is 2. The van der Waals surface area contributed by atoms with Crippen molar-refractivity contribution in [1.29, 1.82) is 0 Å². The Balaban J connectivity index is 1.26. The molecule has 0 spiro atoms. The topological polar surface area (TPSA) is 103 Å². The molecule has 4 aromatic rings. The van der Waals surface area contributed by atoms with Gasteiger partial charge in [0.05, 0.1) is 5.69 Å². The van der Waals surface area contributed by atoms with E-state index >= 15 is 0 Å². The van der Waals surface area contributed by atoms with Gasteiger partial charge in [-0.3, -0.25) is 14.6 Å². The van der Waals surface area contributed by atoms with Crippen molar-refractivity contribution in [2.45, 2.75) is 20.4 Å². The largest absolute Gasteiger partial charge is 0.379 e. The highest BCUT2D eigenvalue weighted by molar-refractivity contribution is 5.97. The maximum absolute atomic E-state index is 12.2.